The first kappa shape index (κ1) is 19.1. The number of rotatable bonds is 5. The van der Waals surface area contributed by atoms with Gasteiger partial charge in [-0.2, -0.15) is 5.10 Å². The fraction of sp³-hybridized carbons (Fsp3) is 0.556. The van der Waals surface area contributed by atoms with Crippen molar-refractivity contribution in [3.63, 3.8) is 0 Å². The number of aliphatic hydroxyl groups is 1. The number of nitrogens with zero attached hydrogens (tertiary/aromatic N) is 2. The monoisotopic (exact) mass is 348 g/mol. The van der Waals surface area contributed by atoms with Gasteiger partial charge in [-0.3, -0.25) is 4.68 Å². The molecule has 25 heavy (non-hydrogen) atoms. The van der Waals surface area contributed by atoms with Gasteiger partial charge in [0.15, 0.2) is 0 Å². The average Bonchev–Trinajstić information content (AvgIpc) is 2.99. The van der Waals surface area contributed by atoms with Gasteiger partial charge in [0.05, 0.1) is 23.6 Å². The molecule has 0 aliphatic heterocycles. The Morgan fingerprint density at radius 1 is 1.36 bits per heavy atom. The van der Waals surface area contributed by atoms with E-state index in [1.807, 2.05) is 39.3 Å². The second-order valence-electron chi connectivity index (χ2n) is 6.99. The molecule has 0 aliphatic carbocycles. The van der Waals surface area contributed by atoms with E-state index in [0.29, 0.717) is 17.0 Å². The van der Waals surface area contributed by atoms with Crippen molar-refractivity contribution in [3.8, 4) is 0 Å². The zero-order chi connectivity index (χ0) is 18.9. The van der Waals surface area contributed by atoms with Crippen molar-refractivity contribution in [2.75, 3.05) is 11.9 Å². The van der Waals surface area contributed by atoms with Crippen LogP contribution < -0.4 is 10.6 Å². The van der Waals surface area contributed by atoms with Crippen LogP contribution in [-0.2, 0) is 5.60 Å². The molecule has 138 valence electrons. The standard InChI is InChI=1S/C18H28N4O3/c1-10(2)22-13(5)16(12(4)21-22)20-17(23)19-9-18(7,24)15-8-11(3)25-14(15)6/h8,10,24H,9H2,1-7H3,(H2,19,20,23). The number of furan rings is 1. The minimum atomic E-state index is -1.22. The van der Waals surface area contributed by atoms with Crippen LogP contribution in [0.15, 0.2) is 10.5 Å². The minimum Gasteiger partial charge on any atom is -0.466 e. The predicted octanol–water partition coefficient (Wildman–Crippen LogP) is 3.32. The maximum absolute atomic E-state index is 12.3. The predicted molar refractivity (Wildman–Crippen MR) is 96.9 cm³/mol. The molecule has 2 amide bonds. The van der Waals surface area contributed by atoms with E-state index in [1.165, 1.54) is 0 Å². The lowest BCUT2D eigenvalue weighted by molar-refractivity contribution is 0.0584. The highest BCUT2D eigenvalue weighted by atomic mass is 16.3. The van der Waals surface area contributed by atoms with Crippen LogP contribution in [0.2, 0.25) is 0 Å². The summed E-state index contributed by atoms with van der Waals surface area (Å²) in [5.41, 5.74) is 1.81. The largest absolute Gasteiger partial charge is 0.466 e. The van der Waals surface area contributed by atoms with Gasteiger partial charge in [0, 0.05) is 11.6 Å². The molecule has 2 heterocycles. The summed E-state index contributed by atoms with van der Waals surface area (Å²) in [6.45, 7) is 13.2. The highest BCUT2D eigenvalue weighted by Crippen LogP contribution is 2.26. The fourth-order valence-electron chi connectivity index (χ4n) is 3.02. The van der Waals surface area contributed by atoms with Crippen LogP contribution in [0, 0.1) is 27.7 Å². The highest BCUT2D eigenvalue weighted by Gasteiger charge is 2.28. The van der Waals surface area contributed by atoms with E-state index in [2.05, 4.69) is 15.7 Å². The fourth-order valence-corrected chi connectivity index (χ4v) is 3.02. The van der Waals surface area contributed by atoms with Crippen LogP contribution in [0.5, 0.6) is 0 Å². The number of amides is 2. The molecule has 2 aromatic heterocycles. The van der Waals surface area contributed by atoms with Gasteiger partial charge in [-0.25, -0.2) is 4.79 Å². The number of aromatic nitrogens is 2. The van der Waals surface area contributed by atoms with Crippen molar-refractivity contribution < 1.29 is 14.3 Å². The molecule has 1 unspecified atom stereocenters. The molecule has 0 bridgehead atoms. The molecule has 0 aliphatic rings. The summed E-state index contributed by atoms with van der Waals surface area (Å²) in [5.74, 6) is 1.37. The van der Waals surface area contributed by atoms with Crippen molar-refractivity contribution in [2.45, 2.75) is 60.1 Å². The number of carbonyl (C=O) groups excluding carboxylic acids is 1. The summed E-state index contributed by atoms with van der Waals surface area (Å²) in [5, 5.41) is 20.7. The molecular formula is C18H28N4O3. The van der Waals surface area contributed by atoms with Gasteiger partial charge < -0.3 is 20.2 Å². The van der Waals surface area contributed by atoms with Gasteiger partial charge in [0.2, 0.25) is 0 Å². The molecule has 0 saturated carbocycles. The summed E-state index contributed by atoms with van der Waals surface area (Å²) in [4.78, 5) is 12.3. The quantitative estimate of drug-likeness (QED) is 0.773. The molecule has 2 aromatic rings. The maximum Gasteiger partial charge on any atom is 0.319 e. The Hall–Kier alpha value is -2.28. The molecule has 3 N–H and O–H groups in total. The Morgan fingerprint density at radius 2 is 2.00 bits per heavy atom. The molecule has 2 rings (SSSR count). The third-order valence-electron chi connectivity index (χ3n) is 4.27. The molecule has 0 radical (unpaired) electrons. The first-order valence-corrected chi connectivity index (χ1v) is 8.43. The molecule has 0 saturated heterocycles. The number of hydrogen-bond acceptors (Lipinski definition) is 4. The third kappa shape index (κ3) is 4.04. The van der Waals surface area contributed by atoms with E-state index in [9.17, 15) is 9.90 Å². The summed E-state index contributed by atoms with van der Waals surface area (Å²) < 4.78 is 7.33. The Labute approximate surface area is 148 Å². The van der Waals surface area contributed by atoms with Crippen molar-refractivity contribution >= 4 is 11.7 Å². The van der Waals surface area contributed by atoms with Crippen LogP contribution in [0.25, 0.3) is 0 Å². The van der Waals surface area contributed by atoms with Crippen LogP contribution in [0.3, 0.4) is 0 Å². The van der Waals surface area contributed by atoms with E-state index in [4.69, 9.17) is 4.42 Å². The molecule has 0 spiro atoms. The van der Waals surface area contributed by atoms with Crippen LogP contribution in [0.4, 0.5) is 10.5 Å². The maximum atomic E-state index is 12.3. The van der Waals surface area contributed by atoms with Gasteiger partial charge in [0.25, 0.3) is 0 Å². The topological polar surface area (TPSA) is 92.3 Å². The molecular weight excluding hydrogens is 320 g/mol. The zero-order valence-electron chi connectivity index (χ0n) is 16.0. The van der Waals surface area contributed by atoms with Crippen LogP contribution in [0.1, 0.15) is 55.3 Å². The number of nitrogens with one attached hydrogen (secondary N) is 2. The lowest BCUT2D eigenvalue weighted by Crippen LogP contribution is -2.40. The second kappa shape index (κ2) is 6.92. The molecule has 7 nitrogen and oxygen atoms in total. The second-order valence-corrected chi connectivity index (χ2v) is 6.99. The highest BCUT2D eigenvalue weighted by molar-refractivity contribution is 5.90. The lowest BCUT2D eigenvalue weighted by Gasteiger charge is -2.23. The van der Waals surface area contributed by atoms with Gasteiger partial charge in [-0.15, -0.1) is 0 Å². The van der Waals surface area contributed by atoms with Crippen molar-refractivity contribution in [2.24, 2.45) is 0 Å². The lowest BCUT2D eigenvalue weighted by atomic mass is 9.96. The number of aryl methyl sites for hydroxylation is 3. The first-order valence-electron chi connectivity index (χ1n) is 8.43. The Bertz CT molecular complexity index is 772. The zero-order valence-corrected chi connectivity index (χ0v) is 16.0. The SMILES string of the molecule is Cc1cc(C(C)(O)CNC(=O)Nc2c(C)nn(C(C)C)c2C)c(C)o1. The summed E-state index contributed by atoms with van der Waals surface area (Å²) in [7, 11) is 0. The Morgan fingerprint density at radius 3 is 2.48 bits per heavy atom. The summed E-state index contributed by atoms with van der Waals surface area (Å²) in [6, 6.07) is 1.62. The molecule has 0 fully saturated rings. The van der Waals surface area contributed by atoms with Crippen molar-refractivity contribution in [1.29, 1.82) is 0 Å². The molecule has 7 heteroatoms. The van der Waals surface area contributed by atoms with Crippen molar-refractivity contribution in [1.82, 2.24) is 15.1 Å². The van der Waals surface area contributed by atoms with Gasteiger partial charge in [0.1, 0.15) is 17.1 Å². The minimum absolute atomic E-state index is 0.0645. The first-order chi connectivity index (χ1) is 11.5. The average molecular weight is 348 g/mol. The van der Waals surface area contributed by atoms with Crippen LogP contribution >= 0.6 is 0 Å². The van der Waals surface area contributed by atoms with E-state index < -0.39 is 5.60 Å². The van der Waals surface area contributed by atoms with E-state index >= 15 is 0 Å². The normalized spacial score (nSPS) is 13.8. The summed E-state index contributed by atoms with van der Waals surface area (Å²) in [6.07, 6.45) is 0. The third-order valence-corrected chi connectivity index (χ3v) is 4.27. The molecule has 1 atom stereocenters. The summed E-state index contributed by atoms with van der Waals surface area (Å²) >= 11 is 0. The number of urea groups is 1. The molecule has 0 aromatic carbocycles. The van der Waals surface area contributed by atoms with E-state index in [-0.39, 0.29) is 18.6 Å². The van der Waals surface area contributed by atoms with E-state index in [0.717, 1.165) is 17.1 Å². The van der Waals surface area contributed by atoms with Gasteiger partial charge >= 0.3 is 6.03 Å². The Balaban J connectivity index is 2.05. The Kier molecular flexibility index (Phi) is 5.27. The van der Waals surface area contributed by atoms with E-state index in [1.54, 1.807) is 19.9 Å². The number of anilines is 1. The van der Waals surface area contributed by atoms with Gasteiger partial charge in [-0.1, -0.05) is 0 Å². The number of carbonyl (C=O) groups is 1. The van der Waals surface area contributed by atoms with Crippen LogP contribution in [-0.4, -0.2) is 27.5 Å². The number of hydrogen-bond donors (Lipinski definition) is 3. The van der Waals surface area contributed by atoms with Gasteiger partial charge in [-0.05, 0) is 54.5 Å². The smallest absolute Gasteiger partial charge is 0.319 e. The van der Waals surface area contributed by atoms with Crippen molar-refractivity contribution in [3.05, 3.63) is 34.5 Å².